The van der Waals surface area contributed by atoms with Gasteiger partial charge in [0.15, 0.2) is 5.82 Å². The number of para-hydroxylation sites is 2. The molecule has 11 rings (SSSR count). The van der Waals surface area contributed by atoms with Crippen molar-refractivity contribution in [2.75, 3.05) is 0 Å². The van der Waals surface area contributed by atoms with Crippen LogP contribution in [0.1, 0.15) is 0 Å². The van der Waals surface area contributed by atoms with Crippen molar-refractivity contribution in [3.8, 4) is 67.4 Å². The Labute approximate surface area is 329 Å². The van der Waals surface area contributed by atoms with E-state index in [0.29, 0.717) is 5.82 Å². The van der Waals surface area contributed by atoms with Gasteiger partial charge in [-0.05, 0) is 41.0 Å². The molecule has 0 aliphatic rings. The minimum absolute atomic E-state index is 0.664. The Balaban J connectivity index is 1.08. The maximum absolute atomic E-state index is 6.58. The molecule has 0 atom stereocenters. The van der Waals surface area contributed by atoms with Gasteiger partial charge in [0.05, 0.1) is 22.6 Å². The smallest absolute Gasteiger partial charge is 0.160 e. The van der Waals surface area contributed by atoms with E-state index >= 15 is 0 Å². The number of rotatable bonds is 6. The standard InChI is InChI=1S/C53H33N3O/c1-4-14-34(15-5-1)35-24-26-37(27-25-35)46-33-45(36-16-6-2-7-17-36)55-53(56-46)40-30-28-39(29-31-40)52-43-32-48-51(42-21-11-13-23-47(42)57-48)49(38-18-8-3-9-19-38)50(43)41-20-10-12-22-44(41)54-52/h1-33H. The van der Waals surface area contributed by atoms with Crippen molar-refractivity contribution in [2.45, 2.75) is 0 Å². The molecule has 11 aromatic rings. The number of nitrogens with zero attached hydrogens (tertiary/aromatic N) is 3. The van der Waals surface area contributed by atoms with Gasteiger partial charge in [0.25, 0.3) is 0 Å². The Morgan fingerprint density at radius 2 is 0.825 bits per heavy atom. The molecule has 0 aliphatic heterocycles. The molecule has 0 N–H and O–H groups in total. The molecule has 8 aromatic carbocycles. The number of fused-ring (bicyclic) bond motifs is 6. The van der Waals surface area contributed by atoms with Crippen molar-refractivity contribution in [1.29, 1.82) is 0 Å². The van der Waals surface area contributed by atoms with Crippen molar-refractivity contribution < 1.29 is 4.42 Å². The SMILES string of the molecule is c1ccc(-c2ccc(-c3cc(-c4ccccc4)nc(-c4ccc(-c5nc6ccccc6c6c(-c7ccccc7)c7c(cc56)oc5ccccc57)cc4)n3)cc2)cc1. The van der Waals surface area contributed by atoms with Gasteiger partial charge in [0.2, 0.25) is 0 Å². The molecule has 57 heavy (non-hydrogen) atoms. The highest BCUT2D eigenvalue weighted by molar-refractivity contribution is 6.27. The lowest BCUT2D eigenvalue weighted by molar-refractivity contribution is 0.669. The van der Waals surface area contributed by atoms with Crippen molar-refractivity contribution in [2.24, 2.45) is 0 Å². The van der Waals surface area contributed by atoms with Crippen molar-refractivity contribution in [3.05, 3.63) is 200 Å². The van der Waals surface area contributed by atoms with Crippen LogP contribution in [0.4, 0.5) is 0 Å². The van der Waals surface area contributed by atoms with Crippen LogP contribution in [0.2, 0.25) is 0 Å². The highest BCUT2D eigenvalue weighted by Crippen LogP contribution is 2.46. The fraction of sp³-hybridized carbons (Fsp3) is 0. The van der Waals surface area contributed by atoms with Crippen LogP contribution >= 0.6 is 0 Å². The second-order valence-corrected chi connectivity index (χ2v) is 14.3. The van der Waals surface area contributed by atoms with Crippen molar-refractivity contribution in [1.82, 2.24) is 15.0 Å². The summed E-state index contributed by atoms with van der Waals surface area (Å²) in [5.41, 5.74) is 13.9. The maximum Gasteiger partial charge on any atom is 0.160 e. The number of aromatic nitrogens is 3. The third-order valence-electron chi connectivity index (χ3n) is 10.9. The Morgan fingerprint density at radius 3 is 1.53 bits per heavy atom. The first kappa shape index (κ1) is 32.7. The van der Waals surface area contributed by atoms with Crippen LogP contribution in [0.15, 0.2) is 205 Å². The summed E-state index contributed by atoms with van der Waals surface area (Å²) in [6.45, 7) is 0. The van der Waals surface area contributed by atoms with Crippen LogP contribution in [-0.4, -0.2) is 15.0 Å². The van der Waals surface area contributed by atoms with E-state index in [0.717, 1.165) is 94.1 Å². The Bertz CT molecular complexity index is 3250. The molecule has 4 heteroatoms. The largest absolute Gasteiger partial charge is 0.456 e. The lowest BCUT2D eigenvalue weighted by Crippen LogP contribution is -1.96. The van der Waals surface area contributed by atoms with E-state index in [1.165, 1.54) is 11.1 Å². The van der Waals surface area contributed by atoms with Crippen LogP contribution in [0.3, 0.4) is 0 Å². The minimum Gasteiger partial charge on any atom is -0.456 e. The molecule has 266 valence electrons. The molecular weight excluding hydrogens is 695 g/mol. The molecule has 3 aromatic heterocycles. The van der Waals surface area contributed by atoms with Gasteiger partial charge < -0.3 is 4.42 Å². The molecule has 4 nitrogen and oxygen atoms in total. The number of hydrogen-bond acceptors (Lipinski definition) is 4. The molecule has 0 radical (unpaired) electrons. The van der Waals surface area contributed by atoms with E-state index in [1.54, 1.807) is 0 Å². The third-order valence-corrected chi connectivity index (χ3v) is 10.9. The highest BCUT2D eigenvalue weighted by Gasteiger charge is 2.22. The van der Waals surface area contributed by atoms with E-state index in [2.05, 4.69) is 164 Å². The summed E-state index contributed by atoms with van der Waals surface area (Å²) in [5.74, 6) is 0.664. The molecule has 0 saturated heterocycles. The Hall–Kier alpha value is -7.69. The van der Waals surface area contributed by atoms with Crippen LogP contribution in [0.5, 0.6) is 0 Å². The summed E-state index contributed by atoms with van der Waals surface area (Å²) in [6.07, 6.45) is 0. The van der Waals surface area contributed by atoms with Crippen LogP contribution in [0, 0.1) is 0 Å². The second-order valence-electron chi connectivity index (χ2n) is 14.3. The predicted octanol–water partition coefficient (Wildman–Crippen LogP) is 14.1. The molecule has 0 spiro atoms. The van der Waals surface area contributed by atoms with Crippen molar-refractivity contribution in [3.63, 3.8) is 0 Å². The highest BCUT2D eigenvalue weighted by atomic mass is 16.3. The second kappa shape index (κ2) is 13.6. The van der Waals surface area contributed by atoms with E-state index < -0.39 is 0 Å². The van der Waals surface area contributed by atoms with E-state index in [1.807, 2.05) is 36.4 Å². The van der Waals surface area contributed by atoms with Gasteiger partial charge in [-0.3, -0.25) is 0 Å². The van der Waals surface area contributed by atoms with Gasteiger partial charge in [0.1, 0.15) is 11.2 Å². The molecule has 0 fully saturated rings. The molecule has 0 amide bonds. The monoisotopic (exact) mass is 727 g/mol. The molecule has 0 unspecified atom stereocenters. The molecule has 0 bridgehead atoms. The average Bonchev–Trinajstić information content (AvgIpc) is 3.67. The lowest BCUT2D eigenvalue weighted by Gasteiger charge is -2.16. The van der Waals surface area contributed by atoms with Crippen LogP contribution in [0.25, 0.3) is 111 Å². The number of hydrogen-bond donors (Lipinski definition) is 0. The summed E-state index contributed by atoms with van der Waals surface area (Å²) in [5, 5.41) is 5.52. The van der Waals surface area contributed by atoms with Gasteiger partial charge in [-0.15, -0.1) is 0 Å². The zero-order chi connectivity index (χ0) is 37.7. The van der Waals surface area contributed by atoms with E-state index in [4.69, 9.17) is 19.4 Å². The first-order chi connectivity index (χ1) is 28.2. The topological polar surface area (TPSA) is 51.8 Å². The van der Waals surface area contributed by atoms with Gasteiger partial charge in [-0.1, -0.05) is 176 Å². The first-order valence-electron chi connectivity index (χ1n) is 19.2. The molecular formula is C53H33N3O. The zero-order valence-electron chi connectivity index (χ0n) is 30.8. The van der Waals surface area contributed by atoms with Crippen molar-refractivity contribution >= 4 is 43.6 Å². The van der Waals surface area contributed by atoms with Crippen LogP contribution < -0.4 is 0 Å². The number of furan rings is 1. The molecule has 0 saturated carbocycles. The zero-order valence-corrected chi connectivity index (χ0v) is 30.8. The molecule has 3 heterocycles. The summed E-state index contributed by atoms with van der Waals surface area (Å²) in [6, 6.07) is 69.5. The van der Waals surface area contributed by atoms with E-state index in [-0.39, 0.29) is 0 Å². The summed E-state index contributed by atoms with van der Waals surface area (Å²) >= 11 is 0. The number of benzene rings is 8. The fourth-order valence-corrected chi connectivity index (χ4v) is 8.15. The quantitative estimate of drug-likeness (QED) is 0.160. The summed E-state index contributed by atoms with van der Waals surface area (Å²) in [4.78, 5) is 15.6. The minimum atomic E-state index is 0.664. The van der Waals surface area contributed by atoms with Crippen LogP contribution in [-0.2, 0) is 0 Å². The summed E-state index contributed by atoms with van der Waals surface area (Å²) in [7, 11) is 0. The summed E-state index contributed by atoms with van der Waals surface area (Å²) < 4.78 is 6.58. The number of pyridine rings is 1. The Morgan fingerprint density at radius 1 is 0.316 bits per heavy atom. The predicted molar refractivity (Wildman–Crippen MR) is 235 cm³/mol. The lowest BCUT2D eigenvalue weighted by atomic mass is 9.89. The maximum atomic E-state index is 6.58. The van der Waals surface area contributed by atoms with Gasteiger partial charge in [-0.2, -0.15) is 0 Å². The third kappa shape index (κ3) is 5.74. The van der Waals surface area contributed by atoms with Gasteiger partial charge in [0, 0.05) is 54.7 Å². The van der Waals surface area contributed by atoms with Gasteiger partial charge >= 0.3 is 0 Å². The molecule has 0 aliphatic carbocycles. The Kier molecular flexibility index (Phi) is 7.78. The van der Waals surface area contributed by atoms with Gasteiger partial charge in [-0.25, -0.2) is 15.0 Å². The normalized spacial score (nSPS) is 11.5. The fourth-order valence-electron chi connectivity index (χ4n) is 8.15. The van der Waals surface area contributed by atoms with E-state index in [9.17, 15) is 0 Å². The first-order valence-corrected chi connectivity index (χ1v) is 19.2. The average molecular weight is 728 g/mol.